The van der Waals surface area contributed by atoms with Crippen LogP contribution in [-0.4, -0.2) is 0 Å². The van der Waals surface area contributed by atoms with Gasteiger partial charge in [0.25, 0.3) is 0 Å². The predicted molar refractivity (Wildman–Crippen MR) is 98.3 cm³/mol. The summed E-state index contributed by atoms with van der Waals surface area (Å²) >= 11 is 6.52. The molecule has 0 fully saturated rings. The summed E-state index contributed by atoms with van der Waals surface area (Å²) in [5.41, 5.74) is 5.38. The molecule has 118 valence electrons. The number of hydrogen-bond donors (Lipinski definition) is 1. The molecule has 1 heterocycles. The average Bonchev–Trinajstić information content (AvgIpc) is 3.04. The minimum atomic E-state index is 0.274. The maximum atomic E-state index is 6.52. The van der Waals surface area contributed by atoms with Crippen molar-refractivity contribution in [1.82, 2.24) is 0 Å². The van der Waals surface area contributed by atoms with Crippen LogP contribution >= 0.6 is 11.6 Å². The number of rotatable bonds is 2. The first kappa shape index (κ1) is 14.8. The zero-order valence-electron chi connectivity index (χ0n) is 13.6. The molecule has 0 saturated heterocycles. The van der Waals surface area contributed by atoms with Crippen LogP contribution in [0, 0.1) is 5.92 Å². The highest BCUT2D eigenvalue weighted by Gasteiger charge is 2.39. The molecule has 2 aliphatic rings. The molecule has 0 amide bonds. The van der Waals surface area contributed by atoms with E-state index in [0.29, 0.717) is 17.8 Å². The first-order valence-corrected chi connectivity index (χ1v) is 8.85. The van der Waals surface area contributed by atoms with Crippen LogP contribution in [0.25, 0.3) is 0 Å². The molecule has 3 atom stereocenters. The van der Waals surface area contributed by atoms with E-state index in [-0.39, 0.29) is 6.04 Å². The van der Waals surface area contributed by atoms with Crippen molar-refractivity contribution in [2.45, 2.75) is 38.1 Å². The van der Waals surface area contributed by atoms with Gasteiger partial charge in [0.2, 0.25) is 0 Å². The fourth-order valence-corrected chi connectivity index (χ4v) is 4.42. The number of allylic oxidation sites excluding steroid dienone is 2. The van der Waals surface area contributed by atoms with E-state index >= 15 is 0 Å². The Kier molecular flexibility index (Phi) is 3.69. The first-order chi connectivity index (χ1) is 11.2. The summed E-state index contributed by atoms with van der Waals surface area (Å²) in [7, 11) is 0. The van der Waals surface area contributed by atoms with Crippen LogP contribution in [0.3, 0.4) is 0 Å². The molecule has 2 heteroatoms. The summed E-state index contributed by atoms with van der Waals surface area (Å²) in [5.74, 6) is 1.54. The van der Waals surface area contributed by atoms with Crippen LogP contribution in [0.5, 0.6) is 0 Å². The maximum Gasteiger partial charge on any atom is 0.0568 e. The summed E-state index contributed by atoms with van der Waals surface area (Å²) < 4.78 is 0. The minimum Gasteiger partial charge on any atom is -0.377 e. The van der Waals surface area contributed by atoms with Crippen LogP contribution < -0.4 is 5.32 Å². The van der Waals surface area contributed by atoms with Gasteiger partial charge in [0.15, 0.2) is 0 Å². The van der Waals surface area contributed by atoms with E-state index in [9.17, 15) is 0 Å². The molecule has 23 heavy (non-hydrogen) atoms. The monoisotopic (exact) mass is 323 g/mol. The lowest BCUT2D eigenvalue weighted by Crippen LogP contribution is -2.30. The Bertz CT molecular complexity index is 762. The summed E-state index contributed by atoms with van der Waals surface area (Å²) in [4.78, 5) is 0. The van der Waals surface area contributed by atoms with E-state index in [1.165, 1.54) is 22.4 Å². The Balaban J connectivity index is 1.86. The lowest BCUT2D eigenvalue weighted by Gasteiger charge is -2.39. The van der Waals surface area contributed by atoms with Crippen LogP contribution in [0.4, 0.5) is 5.69 Å². The second-order valence-corrected chi connectivity index (χ2v) is 7.37. The highest BCUT2D eigenvalue weighted by molar-refractivity contribution is 6.31. The van der Waals surface area contributed by atoms with Gasteiger partial charge in [-0.15, -0.1) is 0 Å². The largest absolute Gasteiger partial charge is 0.377 e. The standard InChI is InChI=1S/C21H22ClN/c1-13(2)14-8-5-10-16-15-9-6-11-17(15)21(23-20(14)16)18-7-3-4-12-19(18)22/h3-10,12-13,15,17,21,23H,11H2,1-2H3/t15-,17+,21+/m1/s1. The van der Waals surface area contributed by atoms with Gasteiger partial charge in [-0.25, -0.2) is 0 Å². The number of hydrogen-bond acceptors (Lipinski definition) is 1. The van der Waals surface area contributed by atoms with Gasteiger partial charge in [-0.1, -0.05) is 74.0 Å². The molecule has 0 saturated carbocycles. The lowest BCUT2D eigenvalue weighted by atomic mass is 9.75. The Morgan fingerprint density at radius 3 is 2.61 bits per heavy atom. The van der Waals surface area contributed by atoms with Gasteiger partial charge in [0, 0.05) is 16.6 Å². The predicted octanol–water partition coefficient (Wildman–Crippen LogP) is 6.29. The van der Waals surface area contributed by atoms with Crippen molar-refractivity contribution in [2.24, 2.45) is 5.92 Å². The van der Waals surface area contributed by atoms with E-state index in [4.69, 9.17) is 11.6 Å². The molecule has 1 aliphatic carbocycles. The van der Waals surface area contributed by atoms with Gasteiger partial charge < -0.3 is 5.32 Å². The third-order valence-corrected chi connectivity index (χ3v) is 5.64. The van der Waals surface area contributed by atoms with Gasteiger partial charge in [-0.05, 0) is 41.0 Å². The van der Waals surface area contributed by atoms with E-state index in [2.05, 4.69) is 61.6 Å². The van der Waals surface area contributed by atoms with E-state index < -0.39 is 0 Å². The van der Waals surface area contributed by atoms with Crippen LogP contribution in [-0.2, 0) is 0 Å². The molecule has 0 radical (unpaired) electrons. The third-order valence-electron chi connectivity index (χ3n) is 5.29. The van der Waals surface area contributed by atoms with Crippen LogP contribution in [0.2, 0.25) is 5.02 Å². The Morgan fingerprint density at radius 1 is 1.04 bits per heavy atom. The molecule has 0 spiro atoms. The van der Waals surface area contributed by atoms with Crippen molar-refractivity contribution in [1.29, 1.82) is 0 Å². The second kappa shape index (κ2) is 5.72. The molecular weight excluding hydrogens is 302 g/mol. The Morgan fingerprint density at radius 2 is 1.83 bits per heavy atom. The smallest absolute Gasteiger partial charge is 0.0568 e. The third kappa shape index (κ3) is 2.38. The number of anilines is 1. The number of benzene rings is 2. The van der Waals surface area contributed by atoms with Crippen molar-refractivity contribution in [3.05, 3.63) is 76.3 Å². The van der Waals surface area contributed by atoms with Crippen molar-refractivity contribution in [3.8, 4) is 0 Å². The molecule has 0 bridgehead atoms. The molecule has 1 N–H and O–H groups in total. The van der Waals surface area contributed by atoms with Gasteiger partial charge in [0.1, 0.15) is 0 Å². The highest BCUT2D eigenvalue weighted by Crippen LogP contribution is 2.52. The maximum absolute atomic E-state index is 6.52. The minimum absolute atomic E-state index is 0.274. The zero-order valence-corrected chi connectivity index (χ0v) is 14.3. The normalized spacial score (nSPS) is 25.1. The lowest BCUT2D eigenvalue weighted by molar-refractivity contribution is 0.424. The quantitative estimate of drug-likeness (QED) is 0.640. The molecule has 2 aromatic rings. The average molecular weight is 324 g/mol. The molecule has 0 unspecified atom stereocenters. The van der Waals surface area contributed by atoms with Gasteiger partial charge in [0.05, 0.1) is 6.04 Å². The second-order valence-electron chi connectivity index (χ2n) is 6.96. The Labute approximate surface area is 143 Å². The topological polar surface area (TPSA) is 12.0 Å². The van der Waals surface area contributed by atoms with Crippen LogP contribution in [0.1, 0.15) is 54.8 Å². The molecule has 2 aromatic carbocycles. The number of nitrogens with one attached hydrogen (secondary N) is 1. The summed E-state index contributed by atoms with van der Waals surface area (Å²) in [6.07, 6.45) is 5.83. The first-order valence-electron chi connectivity index (χ1n) is 8.47. The van der Waals surface area contributed by atoms with Crippen molar-refractivity contribution >= 4 is 17.3 Å². The van der Waals surface area contributed by atoms with Gasteiger partial charge >= 0.3 is 0 Å². The molecule has 1 nitrogen and oxygen atoms in total. The molecule has 4 rings (SSSR count). The van der Waals surface area contributed by atoms with Crippen molar-refractivity contribution in [2.75, 3.05) is 5.32 Å². The van der Waals surface area contributed by atoms with Crippen molar-refractivity contribution in [3.63, 3.8) is 0 Å². The number of para-hydroxylation sites is 1. The van der Waals surface area contributed by atoms with E-state index in [1.54, 1.807) is 0 Å². The summed E-state index contributed by atoms with van der Waals surface area (Å²) in [5, 5.41) is 4.71. The van der Waals surface area contributed by atoms with E-state index in [0.717, 1.165) is 11.4 Å². The number of halogens is 1. The number of fused-ring (bicyclic) bond motifs is 3. The highest BCUT2D eigenvalue weighted by atomic mass is 35.5. The fourth-order valence-electron chi connectivity index (χ4n) is 4.16. The van der Waals surface area contributed by atoms with Gasteiger partial charge in [-0.2, -0.15) is 0 Å². The summed E-state index contributed by atoms with van der Waals surface area (Å²) in [6, 6.07) is 15.3. The molecular formula is C21H22ClN. The molecule has 0 aromatic heterocycles. The van der Waals surface area contributed by atoms with Gasteiger partial charge in [-0.3, -0.25) is 0 Å². The molecule has 1 aliphatic heterocycles. The van der Waals surface area contributed by atoms with Crippen molar-refractivity contribution < 1.29 is 0 Å². The zero-order chi connectivity index (χ0) is 16.0. The SMILES string of the molecule is CC(C)c1cccc2c1N[C@H](c1ccccc1Cl)[C@H]1CC=C[C@H]21. The summed E-state index contributed by atoms with van der Waals surface area (Å²) in [6.45, 7) is 4.52. The van der Waals surface area contributed by atoms with Crippen LogP contribution in [0.15, 0.2) is 54.6 Å². The fraction of sp³-hybridized carbons (Fsp3) is 0.333. The Hall–Kier alpha value is -1.73. The van der Waals surface area contributed by atoms with E-state index in [1.807, 2.05) is 12.1 Å².